The minimum absolute atomic E-state index is 0.0906. The number of hydrogen-bond acceptors (Lipinski definition) is 10. The van der Waals surface area contributed by atoms with Crippen molar-refractivity contribution in [1.29, 1.82) is 0 Å². The van der Waals surface area contributed by atoms with Crippen LogP contribution in [-0.2, 0) is 54.3 Å². The van der Waals surface area contributed by atoms with Crippen molar-refractivity contribution >= 4 is 47.3 Å². The smallest absolute Gasteiger partial charge is 0.325 e. The number of rotatable bonds is 20. The molecule has 0 aromatic heterocycles. The number of ether oxygens (including phenoxy) is 2. The number of hydrogen-bond donors (Lipinski definition) is 4. The van der Waals surface area contributed by atoms with E-state index in [9.17, 15) is 38.4 Å². The summed E-state index contributed by atoms with van der Waals surface area (Å²) in [6.07, 6.45) is 6.15. The van der Waals surface area contributed by atoms with Gasteiger partial charge >= 0.3 is 5.97 Å². The van der Waals surface area contributed by atoms with Crippen LogP contribution in [0.1, 0.15) is 44.1 Å². The Hall–Kier alpha value is -5.12. The second kappa shape index (κ2) is 20.2. The summed E-state index contributed by atoms with van der Waals surface area (Å²) >= 11 is 0. The maximum Gasteiger partial charge on any atom is 0.325 e. The van der Waals surface area contributed by atoms with Crippen molar-refractivity contribution in [2.24, 2.45) is 0 Å². The van der Waals surface area contributed by atoms with Gasteiger partial charge in [0.25, 0.3) is 17.7 Å². The van der Waals surface area contributed by atoms with E-state index in [1.807, 2.05) is 0 Å². The number of amides is 7. The summed E-state index contributed by atoms with van der Waals surface area (Å²) in [4.78, 5) is 99.7. The van der Waals surface area contributed by atoms with Crippen LogP contribution < -0.4 is 21.3 Å². The van der Waals surface area contributed by atoms with Gasteiger partial charge in [-0.2, -0.15) is 0 Å². The number of carbonyl (C=O) groups is 8. The van der Waals surface area contributed by atoms with Crippen LogP contribution in [0.25, 0.3) is 0 Å². The number of nitrogens with one attached hydrogen (secondary N) is 4. The fourth-order valence-corrected chi connectivity index (χ4v) is 4.82. The molecule has 2 heterocycles. The molecule has 4 N–H and O–H groups in total. The van der Waals surface area contributed by atoms with Crippen molar-refractivity contribution < 1.29 is 47.8 Å². The lowest BCUT2D eigenvalue weighted by atomic mass is 10.1. The van der Waals surface area contributed by atoms with Crippen LogP contribution in [0.5, 0.6) is 0 Å². The molecule has 3 rings (SSSR count). The Morgan fingerprint density at radius 3 is 2.19 bits per heavy atom. The SMILES string of the molecule is O=C(CCCCCN1C(=O)C=CC1=O)NCC(=O)OCC(=O)N[C@@H](Cc1ccccc1)C(=O)NCC(=O)NCOCC(=O)N1CCCC1. The average Bonchev–Trinajstić information content (AvgIpc) is 3.73. The van der Waals surface area contributed by atoms with Crippen LogP contribution in [0.2, 0.25) is 0 Å². The number of nitrogens with zero attached hydrogens (tertiary/aromatic N) is 2. The first-order valence-corrected chi connectivity index (χ1v) is 15.8. The van der Waals surface area contributed by atoms with Crippen molar-refractivity contribution in [2.75, 3.05) is 52.7 Å². The monoisotopic (exact) mass is 670 g/mol. The van der Waals surface area contributed by atoms with Gasteiger partial charge in [-0.05, 0) is 31.2 Å². The molecule has 0 radical (unpaired) electrons. The zero-order chi connectivity index (χ0) is 34.7. The second-order valence-electron chi connectivity index (χ2n) is 11.1. The molecule has 16 nitrogen and oxygen atoms in total. The Balaban J connectivity index is 1.32. The van der Waals surface area contributed by atoms with E-state index in [0.717, 1.165) is 23.3 Å². The molecule has 7 amide bonds. The van der Waals surface area contributed by atoms with Crippen LogP contribution in [0, 0.1) is 0 Å². The van der Waals surface area contributed by atoms with Gasteiger partial charge in [0, 0.05) is 44.6 Å². The van der Waals surface area contributed by atoms with E-state index in [-0.39, 0.29) is 50.4 Å². The molecule has 1 aromatic carbocycles. The summed E-state index contributed by atoms with van der Waals surface area (Å²) in [7, 11) is 0. The number of benzene rings is 1. The van der Waals surface area contributed by atoms with Crippen LogP contribution >= 0.6 is 0 Å². The van der Waals surface area contributed by atoms with E-state index in [2.05, 4.69) is 21.3 Å². The van der Waals surface area contributed by atoms with Gasteiger partial charge in [-0.15, -0.1) is 0 Å². The zero-order valence-corrected chi connectivity index (χ0v) is 26.7. The summed E-state index contributed by atoms with van der Waals surface area (Å²) in [5.74, 6) is -4.11. The summed E-state index contributed by atoms with van der Waals surface area (Å²) in [5.41, 5.74) is 0.730. The first-order valence-electron chi connectivity index (χ1n) is 15.8. The van der Waals surface area contributed by atoms with E-state index < -0.39 is 55.3 Å². The Kier molecular flexibility index (Phi) is 15.7. The van der Waals surface area contributed by atoms with E-state index in [0.29, 0.717) is 32.4 Å². The average molecular weight is 671 g/mol. The molecule has 2 aliphatic heterocycles. The largest absolute Gasteiger partial charge is 0.454 e. The van der Waals surface area contributed by atoms with Gasteiger partial charge < -0.3 is 35.6 Å². The summed E-state index contributed by atoms with van der Waals surface area (Å²) < 4.78 is 10.1. The van der Waals surface area contributed by atoms with Crippen molar-refractivity contribution in [3.63, 3.8) is 0 Å². The summed E-state index contributed by atoms with van der Waals surface area (Å²) in [5, 5.41) is 9.81. The molecule has 2 aliphatic rings. The first-order chi connectivity index (χ1) is 23.1. The van der Waals surface area contributed by atoms with Gasteiger partial charge in [-0.1, -0.05) is 36.8 Å². The van der Waals surface area contributed by atoms with Crippen LogP contribution in [0.4, 0.5) is 0 Å². The van der Waals surface area contributed by atoms with Crippen LogP contribution in [-0.4, -0.2) is 116 Å². The van der Waals surface area contributed by atoms with Gasteiger partial charge in [-0.3, -0.25) is 43.3 Å². The van der Waals surface area contributed by atoms with Gasteiger partial charge in [0.1, 0.15) is 25.9 Å². The predicted octanol–water partition coefficient (Wildman–Crippen LogP) is -1.31. The Morgan fingerprint density at radius 2 is 1.48 bits per heavy atom. The molecule has 1 fully saturated rings. The van der Waals surface area contributed by atoms with Crippen molar-refractivity contribution in [2.45, 2.75) is 51.0 Å². The first kappa shape index (κ1) is 37.3. The highest BCUT2D eigenvalue weighted by Crippen LogP contribution is 2.09. The van der Waals surface area contributed by atoms with E-state index in [1.54, 1.807) is 35.2 Å². The molecule has 48 heavy (non-hydrogen) atoms. The second-order valence-corrected chi connectivity index (χ2v) is 11.1. The highest BCUT2D eigenvalue weighted by atomic mass is 16.5. The lowest BCUT2D eigenvalue weighted by molar-refractivity contribution is -0.148. The third-order valence-corrected chi connectivity index (χ3v) is 7.39. The summed E-state index contributed by atoms with van der Waals surface area (Å²) in [6, 6.07) is 7.74. The molecule has 0 unspecified atom stereocenters. The van der Waals surface area contributed by atoms with Crippen molar-refractivity contribution in [3.05, 3.63) is 48.0 Å². The molecule has 0 spiro atoms. The molecule has 260 valence electrons. The molecule has 1 aromatic rings. The van der Waals surface area contributed by atoms with Gasteiger partial charge in [-0.25, -0.2) is 0 Å². The lowest BCUT2D eigenvalue weighted by Crippen LogP contribution is -2.51. The minimum atomic E-state index is -1.10. The molecule has 0 saturated carbocycles. The number of likely N-dealkylation sites (tertiary alicyclic amines) is 1. The van der Waals surface area contributed by atoms with E-state index in [4.69, 9.17) is 9.47 Å². The van der Waals surface area contributed by atoms with Crippen molar-refractivity contribution in [3.8, 4) is 0 Å². The van der Waals surface area contributed by atoms with Crippen molar-refractivity contribution in [1.82, 2.24) is 31.1 Å². The Labute approximate surface area is 277 Å². The highest BCUT2D eigenvalue weighted by molar-refractivity contribution is 6.12. The number of carbonyl (C=O) groups excluding carboxylic acids is 8. The molecule has 1 saturated heterocycles. The standard InChI is InChI=1S/C32H42N6O10/c39-25(11-5-2-6-16-38-28(42)12-13-29(38)43)33-19-31(45)48-20-27(41)36-24(17-23-9-3-1-4-10-23)32(46)34-18-26(40)35-22-47-21-30(44)37-14-7-8-15-37/h1,3-4,9-10,12-13,24H,2,5-8,11,14-22H2,(H,33,39)(H,34,46)(H,35,40)(H,36,41)/t24-/m0/s1. The maximum atomic E-state index is 12.9. The van der Waals surface area contributed by atoms with Gasteiger partial charge in [0.2, 0.25) is 23.6 Å². The predicted molar refractivity (Wildman–Crippen MR) is 168 cm³/mol. The number of unbranched alkanes of at least 4 members (excludes halogenated alkanes) is 2. The molecular weight excluding hydrogens is 628 g/mol. The quantitative estimate of drug-likeness (QED) is 0.0557. The Morgan fingerprint density at radius 1 is 0.771 bits per heavy atom. The normalized spacial score (nSPS) is 14.4. The third-order valence-electron chi connectivity index (χ3n) is 7.39. The molecule has 0 bridgehead atoms. The van der Waals surface area contributed by atoms with E-state index in [1.165, 1.54) is 12.2 Å². The minimum Gasteiger partial charge on any atom is -0.454 e. The fraction of sp³-hybridized carbons (Fsp3) is 0.500. The molecule has 0 aliphatic carbocycles. The molecule has 16 heteroatoms. The van der Waals surface area contributed by atoms with Gasteiger partial charge in [0.15, 0.2) is 6.61 Å². The number of esters is 1. The van der Waals surface area contributed by atoms with Crippen LogP contribution in [0.15, 0.2) is 42.5 Å². The zero-order valence-electron chi connectivity index (χ0n) is 26.7. The Bertz CT molecular complexity index is 1330. The fourth-order valence-electron chi connectivity index (χ4n) is 4.82. The van der Waals surface area contributed by atoms with E-state index >= 15 is 0 Å². The maximum absolute atomic E-state index is 12.9. The molecule has 1 atom stereocenters. The molecular formula is C32H42N6O10. The topological polar surface area (TPSA) is 210 Å². The van der Waals surface area contributed by atoms with Crippen LogP contribution in [0.3, 0.4) is 0 Å². The lowest BCUT2D eigenvalue weighted by Gasteiger charge is -2.19. The summed E-state index contributed by atoms with van der Waals surface area (Å²) in [6.45, 7) is -0.304. The third kappa shape index (κ3) is 13.7. The highest BCUT2D eigenvalue weighted by Gasteiger charge is 2.24. The number of imide groups is 1. The van der Waals surface area contributed by atoms with Gasteiger partial charge in [0.05, 0.1) is 6.54 Å².